The van der Waals surface area contributed by atoms with E-state index < -0.39 is 43.8 Å². The summed E-state index contributed by atoms with van der Waals surface area (Å²) in [5, 5.41) is 13.2. The van der Waals surface area contributed by atoms with E-state index in [4.69, 9.17) is 0 Å². The van der Waals surface area contributed by atoms with Crippen molar-refractivity contribution in [3.05, 3.63) is 34.1 Å². The third kappa shape index (κ3) is 4.46. The van der Waals surface area contributed by atoms with Crippen molar-refractivity contribution in [1.82, 2.24) is 10.0 Å². The number of carbonyl (C=O) groups is 1. The number of hydrogen-bond acceptors (Lipinski definition) is 5. The molecule has 0 aliphatic heterocycles. The average Bonchev–Trinajstić information content (AvgIpc) is 2.35. The number of nitro benzene ring substituents is 1. The molecule has 1 aromatic carbocycles. The summed E-state index contributed by atoms with van der Waals surface area (Å²) in [6.07, 6.45) is 0. The third-order valence-corrected chi connectivity index (χ3v) is 3.73. The van der Waals surface area contributed by atoms with Gasteiger partial charge in [-0.15, -0.1) is 0 Å². The van der Waals surface area contributed by atoms with Crippen LogP contribution in [0.1, 0.15) is 13.8 Å². The molecule has 1 rings (SSSR count). The fraction of sp³-hybridized carbons (Fsp3) is 0.364. The lowest BCUT2D eigenvalue weighted by molar-refractivity contribution is -0.390. The first-order valence-electron chi connectivity index (χ1n) is 5.87. The van der Waals surface area contributed by atoms with E-state index in [1.54, 1.807) is 13.8 Å². The Labute approximate surface area is 120 Å². The molecule has 0 unspecified atom stereocenters. The van der Waals surface area contributed by atoms with Crippen molar-refractivity contribution in [1.29, 1.82) is 0 Å². The average molecular weight is 319 g/mol. The van der Waals surface area contributed by atoms with E-state index in [-0.39, 0.29) is 6.04 Å². The number of rotatable bonds is 6. The molecule has 116 valence electrons. The number of halogens is 1. The summed E-state index contributed by atoms with van der Waals surface area (Å²) in [4.78, 5) is 20.2. The maximum Gasteiger partial charge on any atom is 0.324 e. The first kappa shape index (κ1) is 17.0. The second kappa shape index (κ2) is 6.59. The van der Waals surface area contributed by atoms with Crippen molar-refractivity contribution >= 4 is 21.6 Å². The molecule has 0 atom stereocenters. The van der Waals surface area contributed by atoms with Crippen LogP contribution in [0.15, 0.2) is 23.1 Å². The van der Waals surface area contributed by atoms with Crippen LogP contribution in [0.5, 0.6) is 0 Å². The Morgan fingerprint density at radius 2 is 2.05 bits per heavy atom. The molecule has 8 nitrogen and oxygen atoms in total. The summed E-state index contributed by atoms with van der Waals surface area (Å²) in [6.45, 7) is 2.77. The summed E-state index contributed by atoms with van der Waals surface area (Å²) in [5.41, 5.74) is -1.16. The van der Waals surface area contributed by atoms with Crippen molar-refractivity contribution in [3.63, 3.8) is 0 Å². The van der Waals surface area contributed by atoms with E-state index in [1.807, 2.05) is 4.72 Å². The minimum atomic E-state index is -4.38. The van der Waals surface area contributed by atoms with Crippen LogP contribution >= 0.6 is 0 Å². The number of para-hydroxylation sites is 1. The van der Waals surface area contributed by atoms with Gasteiger partial charge in [-0.25, -0.2) is 13.1 Å². The van der Waals surface area contributed by atoms with Gasteiger partial charge in [0.1, 0.15) is 0 Å². The minimum Gasteiger partial charge on any atom is -0.353 e. The van der Waals surface area contributed by atoms with Crippen molar-refractivity contribution in [3.8, 4) is 0 Å². The predicted octanol–water partition coefficient (Wildman–Crippen LogP) is 0.537. The highest BCUT2D eigenvalue weighted by molar-refractivity contribution is 7.89. The summed E-state index contributed by atoms with van der Waals surface area (Å²) < 4.78 is 39.2. The van der Waals surface area contributed by atoms with Gasteiger partial charge in [0.2, 0.25) is 21.7 Å². The number of benzene rings is 1. The quantitative estimate of drug-likeness (QED) is 0.586. The van der Waals surface area contributed by atoms with Gasteiger partial charge in [-0.3, -0.25) is 14.9 Å². The first-order valence-corrected chi connectivity index (χ1v) is 7.35. The summed E-state index contributed by atoms with van der Waals surface area (Å²) >= 11 is 0. The fourth-order valence-electron chi connectivity index (χ4n) is 1.50. The molecule has 21 heavy (non-hydrogen) atoms. The second-order valence-corrected chi connectivity index (χ2v) is 6.13. The molecule has 0 heterocycles. The molecule has 0 radical (unpaired) electrons. The Morgan fingerprint density at radius 3 is 2.57 bits per heavy atom. The molecule has 0 bridgehead atoms. The molecule has 0 aliphatic carbocycles. The van der Waals surface area contributed by atoms with Gasteiger partial charge in [0, 0.05) is 6.04 Å². The molecule has 0 aromatic heterocycles. The van der Waals surface area contributed by atoms with Gasteiger partial charge in [-0.2, -0.15) is 4.39 Å². The van der Waals surface area contributed by atoms with Gasteiger partial charge < -0.3 is 5.32 Å². The highest BCUT2D eigenvalue weighted by Gasteiger charge is 2.29. The number of nitrogens with one attached hydrogen (secondary N) is 2. The number of amides is 1. The highest BCUT2D eigenvalue weighted by Crippen LogP contribution is 2.26. The molecule has 0 fully saturated rings. The monoisotopic (exact) mass is 319 g/mol. The molecule has 10 heteroatoms. The molecule has 0 aliphatic rings. The van der Waals surface area contributed by atoms with Crippen LogP contribution in [0.4, 0.5) is 10.1 Å². The van der Waals surface area contributed by atoms with Crippen LogP contribution in [0, 0.1) is 15.9 Å². The Balaban J connectivity index is 3.02. The third-order valence-electron chi connectivity index (χ3n) is 2.29. The van der Waals surface area contributed by atoms with E-state index in [2.05, 4.69) is 5.32 Å². The van der Waals surface area contributed by atoms with Crippen molar-refractivity contribution in [2.75, 3.05) is 6.54 Å². The molecule has 0 saturated carbocycles. The standard InChI is InChI=1S/C11H14FN3O5S/c1-7(2)14-10(16)6-13-21(19,20)9-5-3-4-8(12)11(9)15(17)18/h3-5,7,13H,6H2,1-2H3,(H,14,16). The highest BCUT2D eigenvalue weighted by atomic mass is 32.2. The maximum atomic E-state index is 13.4. The zero-order chi connectivity index (χ0) is 16.2. The maximum absolute atomic E-state index is 13.4. The van der Waals surface area contributed by atoms with E-state index in [9.17, 15) is 27.7 Å². The summed E-state index contributed by atoms with van der Waals surface area (Å²) in [6, 6.07) is 2.52. The molecule has 1 amide bonds. The molecule has 2 N–H and O–H groups in total. The fourth-order valence-corrected chi connectivity index (χ4v) is 2.66. The Hall–Kier alpha value is -2.07. The number of nitro groups is 1. The van der Waals surface area contributed by atoms with Crippen LogP contribution < -0.4 is 10.0 Å². The van der Waals surface area contributed by atoms with Crippen molar-refractivity contribution in [2.24, 2.45) is 0 Å². The van der Waals surface area contributed by atoms with Crippen molar-refractivity contribution < 1.29 is 22.5 Å². The van der Waals surface area contributed by atoms with Gasteiger partial charge in [0.25, 0.3) is 0 Å². The summed E-state index contributed by atoms with van der Waals surface area (Å²) in [5.74, 6) is -1.87. The van der Waals surface area contributed by atoms with E-state index in [0.717, 1.165) is 18.2 Å². The number of carbonyl (C=O) groups excluding carboxylic acids is 1. The second-order valence-electron chi connectivity index (χ2n) is 4.39. The largest absolute Gasteiger partial charge is 0.353 e. The van der Waals surface area contributed by atoms with Crippen molar-refractivity contribution in [2.45, 2.75) is 24.8 Å². The zero-order valence-corrected chi connectivity index (χ0v) is 12.1. The molecular weight excluding hydrogens is 305 g/mol. The molecule has 0 saturated heterocycles. The SMILES string of the molecule is CC(C)NC(=O)CNS(=O)(=O)c1cccc(F)c1[N+](=O)[O-]. The molecule has 1 aromatic rings. The predicted molar refractivity (Wildman–Crippen MR) is 71.5 cm³/mol. The van der Waals surface area contributed by atoms with Gasteiger partial charge in [0.05, 0.1) is 11.5 Å². The smallest absolute Gasteiger partial charge is 0.324 e. The van der Waals surface area contributed by atoms with Gasteiger partial charge >= 0.3 is 5.69 Å². The lowest BCUT2D eigenvalue weighted by Gasteiger charge is -2.10. The zero-order valence-electron chi connectivity index (χ0n) is 11.3. The van der Waals surface area contributed by atoms with Gasteiger partial charge in [0.15, 0.2) is 4.90 Å². The number of sulfonamides is 1. The number of hydrogen-bond donors (Lipinski definition) is 2. The van der Waals surface area contributed by atoms with Crippen LogP contribution in [0.25, 0.3) is 0 Å². The first-order chi connectivity index (χ1) is 9.65. The molecular formula is C11H14FN3O5S. The number of nitrogens with zero attached hydrogens (tertiary/aromatic N) is 1. The minimum absolute atomic E-state index is 0.189. The lowest BCUT2D eigenvalue weighted by atomic mass is 10.3. The Kier molecular flexibility index (Phi) is 5.33. The lowest BCUT2D eigenvalue weighted by Crippen LogP contribution is -2.39. The Morgan fingerprint density at radius 1 is 1.43 bits per heavy atom. The normalized spacial score (nSPS) is 11.4. The Bertz CT molecular complexity index is 660. The van der Waals surface area contributed by atoms with Crippen LogP contribution in [-0.4, -0.2) is 31.8 Å². The van der Waals surface area contributed by atoms with Crippen LogP contribution in [0.2, 0.25) is 0 Å². The van der Waals surface area contributed by atoms with Crippen LogP contribution in [-0.2, 0) is 14.8 Å². The summed E-state index contributed by atoms with van der Waals surface area (Å²) in [7, 11) is -4.38. The van der Waals surface area contributed by atoms with Gasteiger partial charge in [-0.1, -0.05) is 6.07 Å². The van der Waals surface area contributed by atoms with E-state index in [0.29, 0.717) is 0 Å². The van der Waals surface area contributed by atoms with Gasteiger partial charge in [-0.05, 0) is 26.0 Å². The van der Waals surface area contributed by atoms with E-state index >= 15 is 0 Å². The van der Waals surface area contributed by atoms with Crippen LogP contribution in [0.3, 0.4) is 0 Å². The topological polar surface area (TPSA) is 118 Å². The van der Waals surface area contributed by atoms with E-state index in [1.165, 1.54) is 0 Å². The molecule has 0 spiro atoms.